The zero-order valence-electron chi connectivity index (χ0n) is 19.7. The molecule has 4 heterocycles. The molecule has 2 aromatic heterocycles. The van der Waals surface area contributed by atoms with Gasteiger partial charge in [0.05, 0.1) is 30.2 Å². The van der Waals surface area contributed by atoms with Gasteiger partial charge in [0.25, 0.3) is 0 Å². The molecule has 1 aromatic carbocycles. The fourth-order valence-corrected chi connectivity index (χ4v) is 5.62. The predicted octanol–water partition coefficient (Wildman–Crippen LogP) is 4.43. The Morgan fingerprint density at radius 1 is 1.09 bits per heavy atom. The van der Waals surface area contributed by atoms with E-state index >= 15 is 0 Å². The number of nitrogen functional groups attached to an aromatic ring is 1. The first kappa shape index (κ1) is 22.3. The molecular formula is C25H27F3N6O. The molecule has 0 radical (unpaired) electrons. The number of nitrogens with zero attached hydrogens (tertiary/aromatic N) is 4. The van der Waals surface area contributed by atoms with Crippen LogP contribution >= 0.6 is 0 Å². The topological polar surface area (TPSA) is 89.2 Å². The first-order chi connectivity index (χ1) is 16.6. The third-order valence-electron chi connectivity index (χ3n) is 7.37. The van der Waals surface area contributed by atoms with Gasteiger partial charge < -0.3 is 20.7 Å². The van der Waals surface area contributed by atoms with E-state index in [-0.39, 0.29) is 11.2 Å². The van der Waals surface area contributed by atoms with Gasteiger partial charge in [-0.05, 0) is 68.0 Å². The van der Waals surface area contributed by atoms with Crippen LogP contribution in [-0.4, -0.2) is 41.3 Å². The molecule has 35 heavy (non-hydrogen) atoms. The molecule has 184 valence electrons. The van der Waals surface area contributed by atoms with Crippen molar-refractivity contribution in [2.45, 2.75) is 45.3 Å². The van der Waals surface area contributed by atoms with Crippen LogP contribution in [0.4, 0.5) is 30.5 Å². The maximum Gasteiger partial charge on any atom is 0.433 e. The van der Waals surface area contributed by atoms with E-state index in [0.717, 1.165) is 62.5 Å². The Kier molecular flexibility index (Phi) is 4.90. The third kappa shape index (κ3) is 3.74. The lowest BCUT2D eigenvalue weighted by molar-refractivity contribution is -0.141. The molecule has 0 saturated carbocycles. The molecule has 6 rings (SSSR count). The molecule has 0 unspecified atom stereocenters. The summed E-state index contributed by atoms with van der Waals surface area (Å²) in [5.41, 5.74) is 10.1. The zero-order chi connectivity index (χ0) is 24.5. The highest BCUT2D eigenvalue weighted by atomic mass is 19.4. The van der Waals surface area contributed by atoms with Crippen LogP contribution in [0.1, 0.15) is 47.6 Å². The summed E-state index contributed by atoms with van der Waals surface area (Å²) in [6.45, 7) is 7.23. The molecule has 2 aliphatic heterocycles. The number of pyridine rings is 1. The summed E-state index contributed by atoms with van der Waals surface area (Å²) in [5.74, 6) is 1.06. The molecular weight excluding hydrogens is 457 g/mol. The number of anilines is 3. The van der Waals surface area contributed by atoms with E-state index in [1.54, 1.807) is 6.92 Å². The third-order valence-corrected chi connectivity index (χ3v) is 7.37. The number of hydrogen-bond acceptors (Lipinski definition) is 7. The van der Waals surface area contributed by atoms with Crippen molar-refractivity contribution in [2.75, 3.05) is 42.3 Å². The first-order valence-electron chi connectivity index (χ1n) is 11.9. The largest absolute Gasteiger partial charge is 0.433 e. The van der Waals surface area contributed by atoms with Gasteiger partial charge in [-0.1, -0.05) is 0 Å². The number of alkyl halides is 3. The monoisotopic (exact) mass is 484 g/mol. The summed E-state index contributed by atoms with van der Waals surface area (Å²) in [6, 6.07) is 4.18. The van der Waals surface area contributed by atoms with Crippen LogP contribution in [0.15, 0.2) is 18.2 Å². The van der Waals surface area contributed by atoms with Gasteiger partial charge in [-0.2, -0.15) is 13.2 Å². The maximum absolute atomic E-state index is 13.3. The highest BCUT2D eigenvalue weighted by Gasteiger charge is 2.49. The van der Waals surface area contributed by atoms with Crippen molar-refractivity contribution in [2.24, 2.45) is 5.41 Å². The highest BCUT2D eigenvalue weighted by molar-refractivity contribution is 5.96. The molecule has 10 heteroatoms. The van der Waals surface area contributed by atoms with Crippen molar-refractivity contribution in [3.63, 3.8) is 0 Å². The quantitative estimate of drug-likeness (QED) is 0.566. The molecule has 3 N–H and O–H groups in total. The van der Waals surface area contributed by atoms with E-state index in [1.165, 1.54) is 22.9 Å². The Balaban J connectivity index is 1.39. The second kappa shape index (κ2) is 7.68. The van der Waals surface area contributed by atoms with Crippen molar-refractivity contribution in [3.8, 4) is 0 Å². The minimum Gasteiger partial charge on any atom is -0.384 e. The molecule has 2 fully saturated rings. The van der Waals surface area contributed by atoms with E-state index < -0.39 is 17.9 Å². The standard InChI is InChI=1S/C25H27F3N6O/c1-13(15-6-20(25(26,27)28)33-21(29)7-15)30-23-18-8-19(34-9-24(10-34)11-35-12-24)16-4-3-5-17(16)22(18)31-14(2)32-23/h6-8,13H,3-5,9-12H2,1-2H3,(H2,29,33)(H,30,31,32)/t13-/m1/s1. The lowest BCUT2D eigenvalue weighted by Crippen LogP contribution is -2.66. The van der Waals surface area contributed by atoms with Gasteiger partial charge in [-0.3, -0.25) is 0 Å². The second-order valence-corrected chi connectivity index (χ2v) is 10.1. The van der Waals surface area contributed by atoms with Crippen LogP contribution in [0.2, 0.25) is 0 Å². The number of fused-ring (bicyclic) bond motifs is 3. The Bertz CT molecular complexity index is 1330. The van der Waals surface area contributed by atoms with E-state index in [2.05, 4.69) is 26.3 Å². The predicted molar refractivity (Wildman–Crippen MR) is 127 cm³/mol. The summed E-state index contributed by atoms with van der Waals surface area (Å²) in [4.78, 5) is 15.3. The molecule has 0 amide bonds. The number of halogens is 3. The van der Waals surface area contributed by atoms with Crippen LogP contribution in [0.5, 0.6) is 0 Å². The molecule has 1 spiro atoms. The Hall–Kier alpha value is -3.14. The molecule has 3 aliphatic rings. The Morgan fingerprint density at radius 3 is 2.51 bits per heavy atom. The van der Waals surface area contributed by atoms with E-state index in [1.807, 2.05) is 6.92 Å². The van der Waals surface area contributed by atoms with Gasteiger partial charge in [0.2, 0.25) is 0 Å². The van der Waals surface area contributed by atoms with Gasteiger partial charge in [0.15, 0.2) is 0 Å². The normalized spacial score (nSPS) is 19.4. The van der Waals surface area contributed by atoms with Crippen LogP contribution in [0.3, 0.4) is 0 Å². The van der Waals surface area contributed by atoms with Crippen LogP contribution in [0, 0.1) is 12.3 Å². The summed E-state index contributed by atoms with van der Waals surface area (Å²) in [5, 5.41) is 4.23. The lowest BCUT2D eigenvalue weighted by atomic mass is 9.77. The molecule has 1 atom stereocenters. The molecule has 2 saturated heterocycles. The molecule has 1 aliphatic carbocycles. The Morgan fingerprint density at radius 2 is 1.83 bits per heavy atom. The lowest BCUT2D eigenvalue weighted by Gasteiger charge is -2.56. The van der Waals surface area contributed by atoms with Gasteiger partial charge >= 0.3 is 6.18 Å². The van der Waals surface area contributed by atoms with Crippen molar-refractivity contribution in [3.05, 3.63) is 46.4 Å². The highest BCUT2D eigenvalue weighted by Crippen LogP contribution is 2.46. The Labute approximate surface area is 200 Å². The summed E-state index contributed by atoms with van der Waals surface area (Å²) < 4.78 is 45.3. The zero-order valence-corrected chi connectivity index (χ0v) is 19.7. The smallest absolute Gasteiger partial charge is 0.384 e. The van der Waals surface area contributed by atoms with E-state index in [4.69, 9.17) is 15.5 Å². The second-order valence-electron chi connectivity index (χ2n) is 10.1. The number of nitrogens with one attached hydrogen (secondary N) is 1. The maximum atomic E-state index is 13.3. The van der Waals surface area contributed by atoms with Crippen molar-refractivity contribution < 1.29 is 17.9 Å². The number of ether oxygens (including phenoxy) is 1. The van der Waals surface area contributed by atoms with E-state index in [9.17, 15) is 13.2 Å². The van der Waals surface area contributed by atoms with Gasteiger partial charge in [-0.25, -0.2) is 15.0 Å². The minimum atomic E-state index is -4.57. The number of hydrogen-bond donors (Lipinski definition) is 2. The average Bonchev–Trinajstić information content (AvgIpc) is 3.21. The average molecular weight is 485 g/mol. The number of rotatable bonds is 4. The molecule has 3 aromatic rings. The fraction of sp³-hybridized carbons (Fsp3) is 0.480. The summed E-state index contributed by atoms with van der Waals surface area (Å²) in [7, 11) is 0. The van der Waals surface area contributed by atoms with E-state index in [0.29, 0.717) is 17.2 Å². The van der Waals surface area contributed by atoms with Crippen LogP contribution in [0.25, 0.3) is 10.9 Å². The number of aromatic nitrogens is 3. The minimum absolute atomic E-state index is 0.168. The van der Waals surface area contributed by atoms with Crippen molar-refractivity contribution >= 4 is 28.2 Å². The number of benzene rings is 1. The van der Waals surface area contributed by atoms with Crippen LogP contribution in [-0.2, 0) is 23.8 Å². The van der Waals surface area contributed by atoms with Crippen molar-refractivity contribution in [1.82, 2.24) is 15.0 Å². The number of nitrogens with two attached hydrogens (primary N) is 1. The number of aryl methyl sites for hydroxylation is 2. The SMILES string of the molecule is Cc1nc(N[C@H](C)c2cc(N)nc(C(F)(F)F)c2)c2cc(N3CC4(COC4)C3)c3c(c2n1)CCC3. The van der Waals surface area contributed by atoms with Gasteiger partial charge in [0, 0.05) is 24.2 Å². The first-order valence-corrected chi connectivity index (χ1v) is 11.9. The van der Waals surface area contributed by atoms with Crippen LogP contribution < -0.4 is 16.0 Å². The van der Waals surface area contributed by atoms with Gasteiger partial charge in [-0.15, -0.1) is 0 Å². The van der Waals surface area contributed by atoms with Gasteiger partial charge in [0.1, 0.15) is 23.2 Å². The fourth-order valence-electron chi connectivity index (χ4n) is 5.62. The molecule has 7 nitrogen and oxygen atoms in total. The molecule has 0 bridgehead atoms. The van der Waals surface area contributed by atoms with Crippen molar-refractivity contribution in [1.29, 1.82) is 0 Å². The summed E-state index contributed by atoms with van der Waals surface area (Å²) >= 11 is 0. The summed E-state index contributed by atoms with van der Waals surface area (Å²) in [6.07, 6.45) is -1.50.